The average molecular weight is 511 g/mol. The van der Waals surface area contributed by atoms with Crippen LogP contribution in [0.5, 0.6) is 0 Å². The van der Waals surface area contributed by atoms with Gasteiger partial charge < -0.3 is 14.7 Å². The summed E-state index contributed by atoms with van der Waals surface area (Å²) in [6.07, 6.45) is 5.71. The Morgan fingerprint density at radius 2 is 1.42 bits per heavy atom. The Bertz CT molecular complexity index is 1350. The van der Waals surface area contributed by atoms with Crippen LogP contribution in [-0.4, -0.2) is 68.1 Å². The van der Waals surface area contributed by atoms with Crippen molar-refractivity contribution in [1.82, 2.24) is 9.80 Å². The Balaban J connectivity index is 1.23. The van der Waals surface area contributed by atoms with Gasteiger partial charge in [-0.25, -0.2) is 4.39 Å². The molecule has 2 saturated heterocycles. The number of amides is 1. The molecule has 5 nitrogen and oxygen atoms in total. The smallest absolute Gasteiger partial charge is 0.254 e. The lowest BCUT2D eigenvalue weighted by atomic mass is 9.98. The first-order valence-corrected chi connectivity index (χ1v) is 13.4. The second kappa shape index (κ2) is 11.3. The van der Waals surface area contributed by atoms with Crippen LogP contribution in [0, 0.1) is 32.0 Å². The molecule has 0 atom stereocenters. The molecule has 5 rings (SSSR count). The van der Waals surface area contributed by atoms with Crippen molar-refractivity contribution in [2.75, 3.05) is 62.2 Å². The van der Waals surface area contributed by atoms with Crippen molar-refractivity contribution in [3.05, 3.63) is 94.3 Å². The molecule has 2 fully saturated rings. The fraction of sp³-hybridized carbons (Fsp3) is 0.344. The summed E-state index contributed by atoms with van der Waals surface area (Å²) in [6.45, 7) is 11.1. The predicted molar refractivity (Wildman–Crippen MR) is 152 cm³/mol. The minimum Gasteiger partial charge on any atom is -0.368 e. The minimum atomic E-state index is -0.215. The summed E-state index contributed by atoms with van der Waals surface area (Å²) in [5.74, 6) is 2.65. The highest BCUT2D eigenvalue weighted by Gasteiger charge is 2.26. The molecule has 0 radical (unpaired) electrons. The van der Waals surface area contributed by atoms with Gasteiger partial charge >= 0.3 is 0 Å². The van der Waals surface area contributed by atoms with E-state index in [1.807, 2.05) is 41.0 Å². The van der Waals surface area contributed by atoms with Crippen molar-refractivity contribution < 1.29 is 9.18 Å². The lowest BCUT2D eigenvalue weighted by Crippen LogP contribution is -2.49. The van der Waals surface area contributed by atoms with Crippen LogP contribution in [0.2, 0.25) is 0 Å². The van der Waals surface area contributed by atoms with Crippen LogP contribution in [-0.2, 0) is 6.54 Å². The van der Waals surface area contributed by atoms with E-state index < -0.39 is 0 Å². The van der Waals surface area contributed by atoms with Gasteiger partial charge in [0.15, 0.2) is 0 Å². The van der Waals surface area contributed by atoms with E-state index in [-0.39, 0.29) is 11.7 Å². The molecule has 1 amide bonds. The zero-order chi connectivity index (χ0) is 26.6. The summed E-state index contributed by atoms with van der Waals surface area (Å²) < 4.78 is 14.2. The van der Waals surface area contributed by atoms with E-state index in [1.54, 1.807) is 12.1 Å². The monoisotopic (exact) mass is 510 g/mol. The molecule has 3 aromatic carbocycles. The molecule has 2 aliphatic rings. The maximum Gasteiger partial charge on any atom is 0.254 e. The number of hydrogen-bond donors (Lipinski definition) is 0. The van der Waals surface area contributed by atoms with E-state index >= 15 is 0 Å². The molecular weight excluding hydrogens is 475 g/mol. The van der Waals surface area contributed by atoms with E-state index in [1.165, 1.54) is 17.2 Å². The first-order chi connectivity index (χ1) is 18.4. The van der Waals surface area contributed by atoms with Gasteiger partial charge in [0.1, 0.15) is 5.82 Å². The van der Waals surface area contributed by atoms with Crippen molar-refractivity contribution in [3.8, 4) is 12.3 Å². The highest BCUT2D eigenvalue weighted by molar-refractivity contribution is 5.96. The first-order valence-electron chi connectivity index (χ1n) is 13.4. The number of carbonyl (C=O) groups excluding carboxylic acids is 1. The molecule has 6 heteroatoms. The van der Waals surface area contributed by atoms with Crippen LogP contribution in [0.3, 0.4) is 0 Å². The zero-order valence-corrected chi connectivity index (χ0v) is 22.3. The quantitative estimate of drug-likeness (QED) is 0.465. The van der Waals surface area contributed by atoms with E-state index in [2.05, 4.69) is 40.8 Å². The van der Waals surface area contributed by atoms with Gasteiger partial charge in [-0.15, -0.1) is 6.42 Å². The van der Waals surface area contributed by atoms with Gasteiger partial charge in [-0.3, -0.25) is 9.69 Å². The summed E-state index contributed by atoms with van der Waals surface area (Å²) in [5, 5.41) is 0. The Morgan fingerprint density at radius 1 is 0.816 bits per heavy atom. The Hall–Kier alpha value is -3.82. The number of rotatable bonds is 5. The summed E-state index contributed by atoms with van der Waals surface area (Å²) in [7, 11) is 0. The second-order valence-electron chi connectivity index (χ2n) is 10.2. The van der Waals surface area contributed by atoms with Crippen LogP contribution in [0.15, 0.2) is 60.7 Å². The van der Waals surface area contributed by atoms with Gasteiger partial charge in [0.05, 0.1) is 11.4 Å². The summed E-state index contributed by atoms with van der Waals surface area (Å²) in [6, 6.07) is 19.2. The SMILES string of the molecule is C#Cc1ccccc1N1CCN(Cc2cc(C(=O)N3CCN(c4ccccc4F)CC3)c(C)cc2C)CC1. The standard InChI is InChI=1S/C32H35FN4O/c1-4-26-9-5-7-11-30(26)35-15-13-34(14-16-35)23-27-22-28(25(3)21-24(27)2)32(38)37-19-17-36(18-20-37)31-12-8-6-10-29(31)33/h1,5-12,21-22H,13-20,23H2,2-3H3. The van der Waals surface area contributed by atoms with E-state index in [0.717, 1.165) is 55.1 Å². The fourth-order valence-corrected chi connectivity index (χ4v) is 5.59. The van der Waals surface area contributed by atoms with Crippen molar-refractivity contribution in [1.29, 1.82) is 0 Å². The van der Waals surface area contributed by atoms with Crippen LogP contribution in [0.4, 0.5) is 15.8 Å². The van der Waals surface area contributed by atoms with Crippen molar-refractivity contribution >= 4 is 17.3 Å². The predicted octanol–water partition coefficient (Wildman–Crippen LogP) is 4.71. The molecule has 3 aromatic rings. The molecule has 0 bridgehead atoms. The van der Waals surface area contributed by atoms with Gasteiger partial charge in [-0.1, -0.05) is 36.3 Å². The maximum absolute atomic E-state index is 14.2. The molecule has 0 spiro atoms. The molecule has 38 heavy (non-hydrogen) atoms. The van der Waals surface area contributed by atoms with Crippen LogP contribution in [0.1, 0.15) is 32.6 Å². The Kier molecular flexibility index (Phi) is 7.67. The average Bonchev–Trinajstić information content (AvgIpc) is 2.95. The van der Waals surface area contributed by atoms with Crippen LogP contribution >= 0.6 is 0 Å². The zero-order valence-electron chi connectivity index (χ0n) is 22.3. The van der Waals surface area contributed by atoms with Crippen LogP contribution in [0.25, 0.3) is 0 Å². The third kappa shape index (κ3) is 5.39. The number of anilines is 2. The number of benzene rings is 3. The molecule has 0 N–H and O–H groups in total. The lowest BCUT2D eigenvalue weighted by Gasteiger charge is -2.37. The minimum absolute atomic E-state index is 0.0626. The molecular formula is C32H35FN4O. The molecule has 0 unspecified atom stereocenters. The second-order valence-corrected chi connectivity index (χ2v) is 10.2. The first kappa shape index (κ1) is 25.8. The Labute approximate surface area is 225 Å². The van der Waals surface area contributed by atoms with E-state index in [9.17, 15) is 9.18 Å². The summed E-state index contributed by atoms with van der Waals surface area (Å²) >= 11 is 0. The number of hydrogen-bond acceptors (Lipinski definition) is 4. The van der Waals surface area contributed by atoms with Crippen molar-refractivity contribution in [3.63, 3.8) is 0 Å². The molecule has 2 heterocycles. The van der Waals surface area contributed by atoms with Gasteiger partial charge in [0, 0.05) is 70.0 Å². The summed E-state index contributed by atoms with van der Waals surface area (Å²) in [4.78, 5) is 22.3. The third-order valence-corrected chi connectivity index (χ3v) is 7.84. The van der Waals surface area contributed by atoms with E-state index in [0.29, 0.717) is 31.9 Å². The van der Waals surface area contributed by atoms with Gasteiger partial charge in [0.2, 0.25) is 0 Å². The number of halogens is 1. The number of nitrogens with zero attached hydrogens (tertiary/aromatic N) is 4. The molecule has 0 aliphatic carbocycles. The molecule has 196 valence electrons. The molecule has 0 aromatic heterocycles. The van der Waals surface area contributed by atoms with Gasteiger partial charge in [-0.05, 0) is 60.9 Å². The van der Waals surface area contributed by atoms with Crippen LogP contribution < -0.4 is 9.80 Å². The Morgan fingerprint density at radius 3 is 2.11 bits per heavy atom. The molecule has 0 saturated carbocycles. The number of terminal acetylenes is 1. The normalized spacial score (nSPS) is 16.4. The topological polar surface area (TPSA) is 30.0 Å². The number of piperazine rings is 2. The summed E-state index contributed by atoms with van der Waals surface area (Å²) in [5.41, 5.74) is 6.86. The largest absolute Gasteiger partial charge is 0.368 e. The fourth-order valence-electron chi connectivity index (χ4n) is 5.59. The van der Waals surface area contributed by atoms with Gasteiger partial charge in [-0.2, -0.15) is 0 Å². The highest BCUT2D eigenvalue weighted by atomic mass is 19.1. The number of para-hydroxylation sites is 2. The van der Waals surface area contributed by atoms with Crippen molar-refractivity contribution in [2.24, 2.45) is 0 Å². The maximum atomic E-state index is 14.2. The highest BCUT2D eigenvalue weighted by Crippen LogP contribution is 2.25. The third-order valence-electron chi connectivity index (χ3n) is 7.84. The van der Waals surface area contributed by atoms with Gasteiger partial charge in [0.25, 0.3) is 5.91 Å². The number of carbonyl (C=O) groups is 1. The lowest BCUT2D eigenvalue weighted by molar-refractivity contribution is 0.0745. The van der Waals surface area contributed by atoms with E-state index in [4.69, 9.17) is 6.42 Å². The number of aryl methyl sites for hydroxylation is 2. The molecule has 2 aliphatic heterocycles. The van der Waals surface area contributed by atoms with Crippen molar-refractivity contribution in [2.45, 2.75) is 20.4 Å².